The van der Waals surface area contributed by atoms with Crippen LogP contribution in [0.15, 0.2) is 36.5 Å². The van der Waals surface area contributed by atoms with Crippen LogP contribution in [0.1, 0.15) is 12.8 Å². The lowest BCUT2D eigenvalue weighted by Gasteiger charge is -2.05. The molecule has 0 saturated heterocycles. The SMILES string of the molecule is O=C(Nc1nc2ccc(Oc3cc(F)cc([N+](=O)[O-])c3)cn2n1)C1CC1. The van der Waals surface area contributed by atoms with Gasteiger partial charge in [-0.15, -0.1) is 5.10 Å². The Balaban J connectivity index is 1.57. The fraction of sp³-hybridized carbons (Fsp3) is 0.188. The summed E-state index contributed by atoms with van der Waals surface area (Å²) >= 11 is 0. The molecule has 1 aliphatic carbocycles. The van der Waals surface area contributed by atoms with Gasteiger partial charge in [0.25, 0.3) is 5.69 Å². The van der Waals surface area contributed by atoms with Gasteiger partial charge in [0, 0.05) is 12.0 Å². The van der Waals surface area contributed by atoms with E-state index in [1.54, 1.807) is 12.1 Å². The monoisotopic (exact) mass is 357 g/mol. The van der Waals surface area contributed by atoms with Crippen LogP contribution in [0.4, 0.5) is 16.0 Å². The van der Waals surface area contributed by atoms with E-state index in [-0.39, 0.29) is 29.3 Å². The first kappa shape index (κ1) is 15.9. The highest BCUT2D eigenvalue weighted by Gasteiger charge is 2.30. The number of halogens is 1. The zero-order valence-corrected chi connectivity index (χ0v) is 13.3. The number of amides is 1. The van der Waals surface area contributed by atoms with Gasteiger partial charge in [0.15, 0.2) is 5.65 Å². The molecule has 2 aromatic heterocycles. The molecule has 9 nitrogen and oxygen atoms in total. The molecule has 2 heterocycles. The number of carbonyl (C=O) groups excluding carboxylic acids is 1. The second-order valence-corrected chi connectivity index (χ2v) is 5.87. The predicted molar refractivity (Wildman–Crippen MR) is 87.5 cm³/mol. The van der Waals surface area contributed by atoms with Gasteiger partial charge in [-0.2, -0.15) is 4.98 Å². The summed E-state index contributed by atoms with van der Waals surface area (Å²) in [6.45, 7) is 0. The third-order valence-electron chi connectivity index (χ3n) is 3.79. The van der Waals surface area contributed by atoms with Gasteiger partial charge in [0.2, 0.25) is 11.9 Å². The van der Waals surface area contributed by atoms with Crippen molar-refractivity contribution in [2.75, 3.05) is 5.32 Å². The predicted octanol–water partition coefficient (Wildman–Crippen LogP) is 2.92. The molecule has 0 radical (unpaired) electrons. The van der Waals surface area contributed by atoms with E-state index < -0.39 is 16.4 Å². The maximum atomic E-state index is 13.5. The number of rotatable bonds is 5. The molecule has 1 fully saturated rings. The standard InChI is InChI=1S/C16H12FN5O4/c17-10-5-11(22(24)25)7-13(6-10)26-12-3-4-14-18-16(20-21(14)8-12)19-15(23)9-1-2-9/h3-9H,1-2H2,(H,19,20,23). The molecular formula is C16H12FN5O4. The van der Waals surface area contributed by atoms with Crippen LogP contribution < -0.4 is 10.1 Å². The molecule has 1 aromatic carbocycles. The minimum absolute atomic E-state index is 0.0153. The number of nitrogens with zero attached hydrogens (tertiary/aromatic N) is 4. The molecular weight excluding hydrogens is 345 g/mol. The molecule has 0 bridgehead atoms. The lowest BCUT2D eigenvalue weighted by atomic mass is 10.3. The van der Waals surface area contributed by atoms with E-state index in [0.717, 1.165) is 31.0 Å². The molecule has 0 aliphatic heterocycles. The zero-order valence-electron chi connectivity index (χ0n) is 13.3. The van der Waals surface area contributed by atoms with Gasteiger partial charge >= 0.3 is 0 Å². The summed E-state index contributed by atoms with van der Waals surface area (Å²) in [6, 6.07) is 6.13. The summed E-state index contributed by atoms with van der Waals surface area (Å²) < 4.78 is 20.4. The molecule has 132 valence electrons. The average Bonchev–Trinajstić information content (AvgIpc) is 3.35. The topological polar surface area (TPSA) is 112 Å². The first-order chi connectivity index (χ1) is 12.5. The van der Waals surface area contributed by atoms with E-state index >= 15 is 0 Å². The van der Waals surface area contributed by atoms with Crippen molar-refractivity contribution in [2.45, 2.75) is 12.8 Å². The highest BCUT2D eigenvalue weighted by molar-refractivity contribution is 5.92. The molecule has 3 aromatic rings. The second kappa shape index (κ2) is 6.06. The Bertz CT molecular complexity index is 1030. The highest BCUT2D eigenvalue weighted by Crippen LogP contribution is 2.30. The molecule has 4 rings (SSSR count). The number of pyridine rings is 1. The summed E-state index contributed by atoms with van der Waals surface area (Å²) in [5.74, 6) is -0.406. The van der Waals surface area contributed by atoms with Crippen molar-refractivity contribution >= 4 is 23.2 Å². The Morgan fingerprint density at radius 1 is 1.31 bits per heavy atom. The Morgan fingerprint density at radius 2 is 2.12 bits per heavy atom. The van der Waals surface area contributed by atoms with Crippen LogP contribution in [0.25, 0.3) is 5.65 Å². The number of fused-ring (bicyclic) bond motifs is 1. The quantitative estimate of drug-likeness (QED) is 0.555. The number of aromatic nitrogens is 3. The van der Waals surface area contributed by atoms with Crippen molar-refractivity contribution in [3.05, 3.63) is 52.5 Å². The maximum Gasteiger partial charge on any atom is 0.276 e. The lowest BCUT2D eigenvalue weighted by Crippen LogP contribution is -2.14. The van der Waals surface area contributed by atoms with Crippen molar-refractivity contribution in [1.29, 1.82) is 0 Å². The third kappa shape index (κ3) is 3.29. The molecule has 1 amide bonds. The van der Waals surface area contributed by atoms with Crippen molar-refractivity contribution < 1.29 is 18.8 Å². The van der Waals surface area contributed by atoms with Gasteiger partial charge < -0.3 is 4.74 Å². The van der Waals surface area contributed by atoms with Crippen LogP contribution in [-0.2, 0) is 4.79 Å². The van der Waals surface area contributed by atoms with Gasteiger partial charge in [-0.1, -0.05) is 0 Å². The van der Waals surface area contributed by atoms with Gasteiger partial charge in [-0.3, -0.25) is 20.2 Å². The molecule has 0 atom stereocenters. The molecule has 1 aliphatic rings. The maximum absolute atomic E-state index is 13.5. The Labute approximate surface area is 145 Å². The largest absolute Gasteiger partial charge is 0.455 e. The summed E-state index contributed by atoms with van der Waals surface area (Å²) in [4.78, 5) is 26.0. The molecule has 0 unspecified atom stereocenters. The smallest absolute Gasteiger partial charge is 0.276 e. The lowest BCUT2D eigenvalue weighted by molar-refractivity contribution is -0.385. The van der Waals surface area contributed by atoms with E-state index in [2.05, 4.69) is 15.4 Å². The zero-order chi connectivity index (χ0) is 18.3. The van der Waals surface area contributed by atoms with Crippen LogP contribution >= 0.6 is 0 Å². The van der Waals surface area contributed by atoms with E-state index in [1.807, 2.05) is 0 Å². The second-order valence-electron chi connectivity index (χ2n) is 5.87. The van der Waals surface area contributed by atoms with Crippen LogP contribution in [0.2, 0.25) is 0 Å². The minimum atomic E-state index is -0.777. The number of non-ortho nitro benzene ring substituents is 1. The fourth-order valence-corrected chi connectivity index (χ4v) is 2.38. The van der Waals surface area contributed by atoms with Gasteiger partial charge in [0.05, 0.1) is 23.3 Å². The summed E-state index contributed by atoms with van der Waals surface area (Å²) in [6.07, 6.45) is 3.22. The van der Waals surface area contributed by atoms with Gasteiger partial charge in [0.1, 0.15) is 17.3 Å². The highest BCUT2D eigenvalue weighted by atomic mass is 19.1. The van der Waals surface area contributed by atoms with Gasteiger partial charge in [-0.25, -0.2) is 8.91 Å². The summed E-state index contributed by atoms with van der Waals surface area (Å²) in [7, 11) is 0. The Kier molecular flexibility index (Phi) is 3.72. The Hall–Kier alpha value is -3.56. The van der Waals surface area contributed by atoms with Crippen molar-refractivity contribution in [3.8, 4) is 11.5 Å². The minimum Gasteiger partial charge on any atom is -0.455 e. The van der Waals surface area contributed by atoms with Crippen molar-refractivity contribution in [3.63, 3.8) is 0 Å². The number of hydrogen-bond acceptors (Lipinski definition) is 6. The number of nitro benzene ring substituents is 1. The number of nitrogens with one attached hydrogen (secondary N) is 1. The fourth-order valence-electron chi connectivity index (χ4n) is 2.38. The van der Waals surface area contributed by atoms with Crippen LogP contribution in [0.5, 0.6) is 11.5 Å². The molecule has 10 heteroatoms. The number of ether oxygens (including phenoxy) is 1. The molecule has 26 heavy (non-hydrogen) atoms. The number of nitro groups is 1. The van der Waals surface area contributed by atoms with E-state index in [4.69, 9.17) is 4.74 Å². The van der Waals surface area contributed by atoms with E-state index in [0.29, 0.717) is 5.65 Å². The van der Waals surface area contributed by atoms with Crippen LogP contribution in [-0.4, -0.2) is 25.4 Å². The summed E-state index contributed by atoms with van der Waals surface area (Å²) in [5.41, 5.74) is 0.0700. The number of hydrogen-bond donors (Lipinski definition) is 1. The van der Waals surface area contributed by atoms with Crippen LogP contribution in [0, 0.1) is 21.8 Å². The van der Waals surface area contributed by atoms with Crippen molar-refractivity contribution in [1.82, 2.24) is 14.6 Å². The molecule has 1 saturated carbocycles. The normalized spacial score (nSPS) is 13.6. The van der Waals surface area contributed by atoms with Crippen molar-refractivity contribution in [2.24, 2.45) is 5.92 Å². The van der Waals surface area contributed by atoms with E-state index in [9.17, 15) is 19.3 Å². The first-order valence-electron chi connectivity index (χ1n) is 7.78. The van der Waals surface area contributed by atoms with E-state index in [1.165, 1.54) is 10.7 Å². The number of benzene rings is 1. The molecule has 1 N–H and O–H groups in total. The Morgan fingerprint density at radius 3 is 2.85 bits per heavy atom. The average molecular weight is 357 g/mol. The summed E-state index contributed by atoms with van der Waals surface area (Å²) in [5, 5.41) is 17.6. The first-order valence-corrected chi connectivity index (χ1v) is 7.78. The molecule has 0 spiro atoms. The van der Waals surface area contributed by atoms with Crippen LogP contribution in [0.3, 0.4) is 0 Å². The van der Waals surface area contributed by atoms with Gasteiger partial charge in [-0.05, 0) is 25.0 Å². The number of anilines is 1. The third-order valence-corrected chi connectivity index (χ3v) is 3.79. The number of carbonyl (C=O) groups is 1.